The quantitative estimate of drug-likeness (QED) is 0.713. The zero-order valence-corrected chi connectivity index (χ0v) is 11.1. The van der Waals surface area contributed by atoms with Gasteiger partial charge in [0.05, 0.1) is 10.6 Å². The number of carboxylic acids is 1. The summed E-state index contributed by atoms with van der Waals surface area (Å²) in [5.41, 5.74) is 0.894. The summed E-state index contributed by atoms with van der Waals surface area (Å²) < 4.78 is 0. The van der Waals surface area contributed by atoms with Gasteiger partial charge in [0.25, 0.3) is 0 Å². The van der Waals surface area contributed by atoms with Crippen LogP contribution >= 0.6 is 11.6 Å². The molecule has 1 rings (SSSR count). The number of anilines is 1. The van der Waals surface area contributed by atoms with E-state index in [1.807, 2.05) is 0 Å². The van der Waals surface area contributed by atoms with E-state index < -0.39 is 5.97 Å². The predicted molar refractivity (Wildman–Crippen MR) is 72.4 cm³/mol. The van der Waals surface area contributed by atoms with Crippen LogP contribution in [0.5, 0.6) is 0 Å². The largest absolute Gasteiger partial charge is 0.478 e. The number of carboxylic acid groups (broad SMARTS) is 1. The number of rotatable bonds is 7. The SMILES string of the molecule is CCC(CCO)CNc1ccc(C(=O)O)c(Cl)c1. The van der Waals surface area contributed by atoms with E-state index in [1.165, 1.54) is 6.07 Å². The molecule has 0 saturated heterocycles. The molecule has 0 saturated carbocycles. The van der Waals surface area contributed by atoms with Crippen molar-refractivity contribution in [3.8, 4) is 0 Å². The minimum atomic E-state index is -1.03. The Morgan fingerprint density at radius 1 is 1.50 bits per heavy atom. The van der Waals surface area contributed by atoms with Gasteiger partial charge in [-0.1, -0.05) is 24.9 Å². The average Bonchev–Trinajstić information content (AvgIpc) is 2.34. The highest BCUT2D eigenvalue weighted by atomic mass is 35.5. The van der Waals surface area contributed by atoms with Gasteiger partial charge in [0.2, 0.25) is 0 Å². The zero-order valence-electron chi connectivity index (χ0n) is 10.3. The van der Waals surface area contributed by atoms with Crippen LogP contribution in [-0.2, 0) is 0 Å². The second kappa shape index (κ2) is 7.24. The predicted octanol–water partition coefficient (Wildman–Crippen LogP) is 2.86. The first kappa shape index (κ1) is 14.8. The summed E-state index contributed by atoms with van der Waals surface area (Å²) >= 11 is 5.87. The summed E-state index contributed by atoms with van der Waals surface area (Å²) in [6.07, 6.45) is 1.74. The first-order chi connectivity index (χ1) is 8.58. The van der Waals surface area contributed by atoms with Gasteiger partial charge >= 0.3 is 5.97 Å². The molecule has 0 bridgehead atoms. The molecular formula is C13H18ClNO3. The Morgan fingerprint density at radius 3 is 2.72 bits per heavy atom. The lowest BCUT2D eigenvalue weighted by molar-refractivity contribution is 0.0697. The van der Waals surface area contributed by atoms with E-state index >= 15 is 0 Å². The molecule has 0 aromatic heterocycles. The van der Waals surface area contributed by atoms with Crippen molar-refractivity contribution in [3.05, 3.63) is 28.8 Å². The third-order valence-electron chi connectivity index (χ3n) is 2.91. The third-order valence-corrected chi connectivity index (χ3v) is 3.22. The number of halogens is 1. The van der Waals surface area contributed by atoms with Gasteiger partial charge in [0.15, 0.2) is 0 Å². The van der Waals surface area contributed by atoms with Gasteiger partial charge in [-0.2, -0.15) is 0 Å². The van der Waals surface area contributed by atoms with Crippen LogP contribution in [-0.4, -0.2) is 29.3 Å². The molecule has 1 aromatic carbocycles. The Bertz CT molecular complexity index is 409. The highest BCUT2D eigenvalue weighted by Gasteiger charge is 2.10. The van der Waals surface area contributed by atoms with Gasteiger partial charge in [0.1, 0.15) is 0 Å². The summed E-state index contributed by atoms with van der Waals surface area (Å²) in [6.45, 7) is 2.99. The second-order valence-corrected chi connectivity index (χ2v) is 4.57. The van der Waals surface area contributed by atoms with Crippen LogP contribution in [0.15, 0.2) is 18.2 Å². The smallest absolute Gasteiger partial charge is 0.337 e. The van der Waals surface area contributed by atoms with Crippen molar-refractivity contribution >= 4 is 23.3 Å². The van der Waals surface area contributed by atoms with Crippen LogP contribution in [0.25, 0.3) is 0 Å². The molecular weight excluding hydrogens is 254 g/mol. The normalized spacial score (nSPS) is 12.2. The number of benzene rings is 1. The van der Waals surface area contributed by atoms with Crippen molar-refractivity contribution in [1.82, 2.24) is 0 Å². The molecule has 0 radical (unpaired) electrons. The van der Waals surface area contributed by atoms with Gasteiger partial charge in [-0.25, -0.2) is 4.79 Å². The van der Waals surface area contributed by atoms with Crippen LogP contribution in [0.3, 0.4) is 0 Å². The minimum Gasteiger partial charge on any atom is -0.478 e. The molecule has 0 heterocycles. The highest BCUT2D eigenvalue weighted by molar-refractivity contribution is 6.33. The molecule has 0 fully saturated rings. The lowest BCUT2D eigenvalue weighted by Gasteiger charge is -2.15. The number of aliphatic hydroxyl groups is 1. The van der Waals surface area contributed by atoms with Gasteiger partial charge in [-0.05, 0) is 30.5 Å². The molecule has 1 unspecified atom stereocenters. The molecule has 5 heteroatoms. The van der Waals surface area contributed by atoms with Crippen LogP contribution < -0.4 is 5.32 Å². The van der Waals surface area contributed by atoms with Crippen molar-refractivity contribution in [2.45, 2.75) is 19.8 Å². The summed E-state index contributed by atoms with van der Waals surface area (Å²) in [6, 6.07) is 4.79. The third kappa shape index (κ3) is 4.20. The molecule has 100 valence electrons. The van der Waals surface area contributed by atoms with Crippen molar-refractivity contribution < 1.29 is 15.0 Å². The van der Waals surface area contributed by atoms with E-state index in [1.54, 1.807) is 12.1 Å². The molecule has 0 aliphatic rings. The maximum atomic E-state index is 10.8. The van der Waals surface area contributed by atoms with Crippen molar-refractivity contribution in [2.24, 2.45) is 5.92 Å². The summed E-state index contributed by atoms with van der Waals surface area (Å²) in [5, 5.41) is 21.2. The number of hydrogen-bond acceptors (Lipinski definition) is 3. The summed E-state index contributed by atoms with van der Waals surface area (Å²) in [7, 11) is 0. The van der Waals surface area contributed by atoms with Gasteiger partial charge < -0.3 is 15.5 Å². The molecule has 0 amide bonds. The number of hydrogen-bond donors (Lipinski definition) is 3. The Kier molecular flexibility index (Phi) is 5.95. The van der Waals surface area contributed by atoms with Crippen LogP contribution in [0, 0.1) is 5.92 Å². The fourth-order valence-corrected chi connectivity index (χ4v) is 1.96. The van der Waals surface area contributed by atoms with Gasteiger partial charge in [-0.15, -0.1) is 0 Å². The van der Waals surface area contributed by atoms with E-state index in [0.717, 1.165) is 25.1 Å². The Morgan fingerprint density at radius 2 is 2.22 bits per heavy atom. The molecule has 0 aliphatic heterocycles. The van der Waals surface area contributed by atoms with E-state index in [-0.39, 0.29) is 17.2 Å². The van der Waals surface area contributed by atoms with Crippen LogP contribution in [0.1, 0.15) is 30.1 Å². The molecule has 0 aliphatic carbocycles. The molecule has 1 aromatic rings. The fraction of sp³-hybridized carbons (Fsp3) is 0.462. The van der Waals surface area contributed by atoms with Gasteiger partial charge in [0, 0.05) is 18.8 Å². The number of aromatic carboxylic acids is 1. The Balaban J connectivity index is 2.63. The molecule has 4 nitrogen and oxygen atoms in total. The topological polar surface area (TPSA) is 69.6 Å². The van der Waals surface area contributed by atoms with E-state index in [9.17, 15) is 4.79 Å². The monoisotopic (exact) mass is 271 g/mol. The first-order valence-electron chi connectivity index (χ1n) is 5.96. The molecule has 0 spiro atoms. The standard InChI is InChI=1S/C13H18ClNO3/c1-2-9(5-6-16)8-15-10-3-4-11(13(17)18)12(14)7-10/h3-4,7,9,15-16H,2,5-6,8H2,1H3,(H,17,18). The lowest BCUT2D eigenvalue weighted by atomic mass is 10.0. The summed E-state index contributed by atoms with van der Waals surface area (Å²) in [4.78, 5) is 10.8. The second-order valence-electron chi connectivity index (χ2n) is 4.17. The maximum absolute atomic E-state index is 10.8. The fourth-order valence-electron chi connectivity index (χ4n) is 1.69. The van der Waals surface area contributed by atoms with Crippen LogP contribution in [0.2, 0.25) is 5.02 Å². The first-order valence-corrected chi connectivity index (χ1v) is 6.33. The van der Waals surface area contributed by atoms with Crippen molar-refractivity contribution in [3.63, 3.8) is 0 Å². The molecule has 3 N–H and O–H groups in total. The lowest BCUT2D eigenvalue weighted by Crippen LogP contribution is -2.15. The number of carbonyl (C=O) groups is 1. The van der Waals surface area contributed by atoms with E-state index in [2.05, 4.69) is 12.2 Å². The van der Waals surface area contributed by atoms with Crippen molar-refractivity contribution in [1.29, 1.82) is 0 Å². The van der Waals surface area contributed by atoms with Gasteiger partial charge in [-0.3, -0.25) is 0 Å². The zero-order chi connectivity index (χ0) is 13.5. The number of nitrogens with one attached hydrogen (secondary N) is 1. The molecule has 1 atom stereocenters. The van der Waals surface area contributed by atoms with Crippen molar-refractivity contribution in [2.75, 3.05) is 18.5 Å². The molecule has 18 heavy (non-hydrogen) atoms. The van der Waals surface area contributed by atoms with Crippen LogP contribution in [0.4, 0.5) is 5.69 Å². The Labute approximate surface area is 112 Å². The maximum Gasteiger partial charge on any atom is 0.337 e. The average molecular weight is 272 g/mol. The number of aliphatic hydroxyl groups excluding tert-OH is 1. The minimum absolute atomic E-state index is 0.101. The van der Waals surface area contributed by atoms with E-state index in [4.69, 9.17) is 21.8 Å². The summed E-state index contributed by atoms with van der Waals surface area (Å²) in [5.74, 6) is -0.633. The highest BCUT2D eigenvalue weighted by Crippen LogP contribution is 2.21. The Hall–Kier alpha value is -1.26. The van der Waals surface area contributed by atoms with E-state index in [0.29, 0.717) is 5.92 Å².